The summed E-state index contributed by atoms with van der Waals surface area (Å²) in [5.41, 5.74) is 1.94. The minimum Gasteiger partial charge on any atom is -0.310 e. The molecule has 0 unspecified atom stereocenters. The highest BCUT2D eigenvalue weighted by Gasteiger charge is 2.19. The van der Waals surface area contributed by atoms with E-state index in [1.807, 2.05) is 31.7 Å². The van der Waals surface area contributed by atoms with Crippen LogP contribution in [0.3, 0.4) is 0 Å². The Morgan fingerprint density at radius 2 is 2.12 bits per heavy atom. The van der Waals surface area contributed by atoms with Crippen LogP contribution in [0.1, 0.15) is 18.4 Å². The van der Waals surface area contributed by atoms with E-state index in [4.69, 9.17) is 0 Å². The lowest BCUT2D eigenvalue weighted by atomic mass is 10.3. The molecule has 0 bridgehead atoms. The molecule has 0 radical (unpaired) electrons. The first-order chi connectivity index (χ1) is 8.31. The van der Waals surface area contributed by atoms with E-state index in [2.05, 4.69) is 20.4 Å². The number of aromatic nitrogens is 4. The van der Waals surface area contributed by atoms with Crippen LogP contribution in [0.2, 0.25) is 0 Å². The lowest BCUT2D eigenvalue weighted by Crippen LogP contribution is -2.15. The van der Waals surface area contributed by atoms with Crippen molar-refractivity contribution >= 4 is 0 Å². The molecule has 5 heteroatoms. The molecule has 0 spiro atoms. The predicted octanol–water partition coefficient (Wildman–Crippen LogP) is 1.13. The van der Waals surface area contributed by atoms with Crippen molar-refractivity contribution in [3.05, 3.63) is 30.2 Å². The van der Waals surface area contributed by atoms with Crippen LogP contribution in [0.25, 0.3) is 11.5 Å². The first kappa shape index (κ1) is 10.4. The fourth-order valence-electron chi connectivity index (χ4n) is 1.66. The Bertz CT molecular complexity index is 498. The quantitative estimate of drug-likeness (QED) is 0.854. The first-order valence-corrected chi connectivity index (χ1v) is 5.85. The molecule has 0 amide bonds. The molecule has 0 atom stereocenters. The van der Waals surface area contributed by atoms with Crippen molar-refractivity contribution < 1.29 is 0 Å². The minimum atomic E-state index is 0.681. The Morgan fingerprint density at radius 1 is 1.35 bits per heavy atom. The van der Waals surface area contributed by atoms with Crippen molar-refractivity contribution in [1.29, 1.82) is 0 Å². The molecular formula is C12H15N5. The average molecular weight is 229 g/mol. The number of hydrogen-bond donors (Lipinski definition) is 1. The van der Waals surface area contributed by atoms with Gasteiger partial charge in [0.25, 0.3) is 0 Å². The van der Waals surface area contributed by atoms with Gasteiger partial charge < -0.3 is 5.32 Å². The summed E-state index contributed by atoms with van der Waals surface area (Å²) in [6.45, 7) is 0.854. The Balaban J connectivity index is 1.70. The van der Waals surface area contributed by atoms with E-state index in [1.165, 1.54) is 12.8 Å². The summed E-state index contributed by atoms with van der Waals surface area (Å²) in [5, 5.41) is 7.71. The van der Waals surface area contributed by atoms with E-state index in [-0.39, 0.29) is 0 Å². The zero-order chi connectivity index (χ0) is 11.7. The number of nitrogens with zero attached hydrogens (tertiary/aromatic N) is 4. The molecule has 5 nitrogen and oxygen atoms in total. The lowest BCUT2D eigenvalue weighted by molar-refractivity contribution is 0.683. The van der Waals surface area contributed by atoms with Crippen LogP contribution in [0.5, 0.6) is 0 Å². The van der Waals surface area contributed by atoms with Crippen LogP contribution in [-0.4, -0.2) is 25.8 Å². The Labute approximate surface area is 99.9 Å². The summed E-state index contributed by atoms with van der Waals surface area (Å²) in [6, 6.07) is 2.63. The number of nitrogens with one attached hydrogen (secondary N) is 1. The maximum absolute atomic E-state index is 4.33. The SMILES string of the molecule is Cn1ccc(-c2ncc(CNC3CC3)cn2)n1. The monoisotopic (exact) mass is 229 g/mol. The normalized spacial score (nSPS) is 15.1. The average Bonchev–Trinajstić information content (AvgIpc) is 3.09. The van der Waals surface area contributed by atoms with Gasteiger partial charge in [-0.15, -0.1) is 0 Å². The zero-order valence-electron chi connectivity index (χ0n) is 9.80. The predicted molar refractivity (Wildman–Crippen MR) is 64.1 cm³/mol. The van der Waals surface area contributed by atoms with Gasteiger partial charge in [0.05, 0.1) is 0 Å². The van der Waals surface area contributed by atoms with Crippen molar-refractivity contribution in [2.75, 3.05) is 0 Å². The van der Waals surface area contributed by atoms with E-state index in [1.54, 1.807) is 4.68 Å². The third kappa shape index (κ3) is 2.50. The lowest BCUT2D eigenvalue weighted by Gasteiger charge is -2.02. The molecule has 2 heterocycles. The standard InChI is InChI=1S/C12H15N5/c1-17-5-4-11(16-17)12-14-7-9(8-15-12)6-13-10-2-3-10/h4-5,7-8,10,13H,2-3,6H2,1H3. The van der Waals surface area contributed by atoms with Gasteiger partial charge in [0.15, 0.2) is 5.82 Å². The van der Waals surface area contributed by atoms with E-state index < -0.39 is 0 Å². The van der Waals surface area contributed by atoms with Crippen molar-refractivity contribution in [3.63, 3.8) is 0 Å². The van der Waals surface area contributed by atoms with E-state index in [9.17, 15) is 0 Å². The maximum Gasteiger partial charge on any atom is 0.180 e. The van der Waals surface area contributed by atoms with Crippen LogP contribution in [0.15, 0.2) is 24.7 Å². The second-order valence-electron chi connectivity index (χ2n) is 4.44. The van der Waals surface area contributed by atoms with E-state index >= 15 is 0 Å². The van der Waals surface area contributed by atoms with E-state index in [0.717, 1.165) is 17.8 Å². The van der Waals surface area contributed by atoms with Crippen LogP contribution < -0.4 is 5.32 Å². The summed E-state index contributed by atoms with van der Waals surface area (Å²) < 4.78 is 1.75. The molecule has 2 aromatic heterocycles. The van der Waals surface area contributed by atoms with Gasteiger partial charge in [-0.05, 0) is 18.9 Å². The van der Waals surface area contributed by atoms with Crippen molar-refractivity contribution in [2.45, 2.75) is 25.4 Å². The molecule has 2 aromatic rings. The highest BCUT2D eigenvalue weighted by atomic mass is 15.3. The molecule has 88 valence electrons. The Hall–Kier alpha value is -1.75. The summed E-state index contributed by atoms with van der Waals surface area (Å²) in [7, 11) is 1.89. The summed E-state index contributed by atoms with van der Waals surface area (Å²) >= 11 is 0. The Kier molecular flexibility index (Phi) is 2.60. The highest BCUT2D eigenvalue weighted by Crippen LogP contribution is 2.19. The molecule has 3 rings (SSSR count). The van der Waals surface area contributed by atoms with Crippen LogP contribution in [0.4, 0.5) is 0 Å². The molecule has 1 saturated carbocycles. The number of rotatable bonds is 4. The first-order valence-electron chi connectivity index (χ1n) is 5.85. The topological polar surface area (TPSA) is 55.6 Å². The van der Waals surface area contributed by atoms with Gasteiger partial charge in [-0.25, -0.2) is 9.97 Å². The number of hydrogen-bond acceptors (Lipinski definition) is 4. The molecule has 1 aliphatic rings. The summed E-state index contributed by atoms with van der Waals surface area (Å²) in [6.07, 6.45) is 8.22. The third-order valence-corrected chi connectivity index (χ3v) is 2.82. The van der Waals surface area contributed by atoms with Gasteiger partial charge >= 0.3 is 0 Å². The smallest absolute Gasteiger partial charge is 0.180 e. The molecule has 0 saturated heterocycles. The largest absolute Gasteiger partial charge is 0.310 e. The number of aryl methyl sites for hydroxylation is 1. The molecule has 17 heavy (non-hydrogen) atoms. The van der Waals surface area contributed by atoms with Crippen molar-refractivity contribution in [2.24, 2.45) is 7.05 Å². The van der Waals surface area contributed by atoms with Gasteiger partial charge in [0.1, 0.15) is 5.69 Å². The van der Waals surface area contributed by atoms with Gasteiger partial charge in [-0.3, -0.25) is 4.68 Å². The van der Waals surface area contributed by atoms with Crippen molar-refractivity contribution in [1.82, 2.24) is 25.1 Å². The second-order valence-corrected chi connectivity index (χ2v) is 4.44. The van der Waals surface area contributed by atoms with E-state index in [0.29, 0.717) is 11.9 Å². The van der Waals surface area contributed by atoms with Crippen molar-refractivity contribution in [3.8, 4) is 11.5 Å². The minimum absolute atomic E-state index is 0.681. The van der Waals surface area contributed by atoms with Gasteiger partial charge in [0, 0.05) is 43.8 Å². The molecular weight excluding hydrogens is 214 g/mol. The molecule has 0 aromatic carbocycles. The molecule has 0 aliphatic heterocycles. The fourth-order valence-corrected chi connectivity index (χ4v) is 1.66. The summed E-state index contributed by atoms with van der Waals surface area (Å²) in [4.78, 5) is 8.67. The fraction of sp³-hybridized carbons (Fsp3) is 0.417. The molecule has 1 fully saturated rings. The van der Waals surface area contributed by atoms with Gasteiger partial charge in [0.2, 0.25) is 0 Å². The molecule has 1 N–H and O–H groups in total. The summed E-state index contributed by atoms with van der Waals surface area (Å²) in [5.74, 6) is 0.681. The second kappa shape index (κ2) is 4.25. The zero-order valence-corrected chi connectivity index (χ0v) is 9.80. The maximum atomic E-state index is 4.33. The van der Waals surface area contributed by atoms with Crippen LogP contribution in [-0.2, 0) is 13.6 Å². The van der Waals surface area contributed by atoms with Crippen LogP contribution in [0, 0.1) is 0 Å². The molecule has 1 aliphatic carbocycles. The highest BCUT2D eigenvalue weighted by molar-refractivity contribution is 5.47. The van der Waals surface area contributed by atoms with Gasteiger partial charge in [-0.2, -0.15) is 5.10 Å². The van der Waals surface area contributed by atoms with Crippen LogP contribution >= 0.6 is 0 Å². The Morgan fingerprint density at radius 3 is 2.71 bits per heavy atom. The third-order valence-electron chi connectivity index (χ3n) is 2.82. The van der Waals surface area contributed by atoms with Gasteiger partial charge in [-0.1, -0.05) is 0 Å².